The first kappa shape index (κ1) is 30.6. The van der Waals surface area contributed by atoms with Crippen molar-refractivity contribution < 1.29 is 10.2 Å². The standard InChI is InChI=1S/C40H64N2O2/c1-23-21-39(5)25(7-9-27-29-11-13-35(43)37(29,3)17-15-31(27)39)19-33(23)41-42-34-20-26-8-10-28-30-12-14-36(44)38(30,4)18-16-32(28)40(26,6)22-24(34)2/h23-32,35-36,43-44H,7-22H2,1-6H3/b41-33-,42-34+/t23-,24+,25+,26+,27+,28-,29+,30+,31+,32+,35+,36+,37+,38+,39+,40+/m1/s1. The van der Waals surface area contributed by atoms with E-state index in [4.69, 9.17) is 10.2 Å². The van der Waals surface area contributed by atoms with Crippen molar-refractivity contribution >= 4 is 11.4 Å². The van der Waals surface area contributed by atoms with E-state index in [9.17, 15) is 10.2 Å². The molecule has 0 aromatic carbocycles. The highest BCUT2D eigenvalue weighted by molar-refractivity contribution is 5.91. The summed E-state index contributed by atoms with van der Waals surface area (Å²) < 4.78 is 0. The van der Waals surface area contributed by atoms with Crippen LogP contribution in [0, 0.1) is 80.8 Å². The fraction of sp³-hybridized carbons (Fsp3) is 0.950. The van der Waals surface area contributed by atoms with Gasteiger partial charge in [0.15, 0.2) is 0 Å². The lowest BCUT2D eigenvalue weighted by atomic mass is 9.44. The lowest BCUT2D eigenvalue weighted by Gasteiger charge is -2.61. The van der Waals surface area contributed by atoms with Crippen molar-refractivity contribution in [2.24, 2.45) is 91.0 Å². The van der Waals surface area contributed by atoms with Crippen LogP contribution < -0.4 is 0 Å². The molecule has 246 valence electrons. The summed E-state index contributed by atoms with van der Waals surface area (Å²) in [5.74, 6) is 7.34. The molecule has 0 bridgehead atoms. The number of rotatable bonds is 1. The molecular formula is C40H64N2O2. The highest BCUT2D eigenvalue weighted by atomic mass is 16.3. The van der Waals surface area contributed by atoms with Gasteiger partial charge in [-0.25, -0.2) is 0 Å². The van der Waals surface area contributed by atoms with Crippen molar-refractivity contribution in [3.63, 3.8) is 0 Å². The van der Waals surface area contributed by atoms with E-state index in [1.807, 2.05) is 0 Å². The molecule has 16 atom stereocenters. The molecule has 0 heterocycles. The Hall–Kier alpha value is -0.740. The lowest BCUT2D eigenvalue weighted by Crippen LogP contribution is -2.55. The molecule has 4 nitrogen and oxygen atoms in total. The summed E-state index contributed by atoms with van der Waals surface area (Å²) in [5.41, 5.74) is 3.99. The zero-order chi connectivity index (χ0) is 30.8. The average Bonchev–Trinajstić information content (AvgIpc) is 3.46. The van der Waals surface area contributed by atoms with Gasteiger partial charge in [0.2, 0.25) is 0 Å². The molecule has 44 heavy (non-hydrogen) atoms. The maximum Gasteiger partial charge on any atom is 0.0596 e. The number of fused-ring (bicyclic) bond motifs is 10. The summed E-state index contributed by atoms with van der Waals surface area (Å²) in [5, 5.41) is 32.1. The second-order valence-electron chi connectivity index (χ2n) is 19.4. The number of hydrogen-bond donors (Lipinski definition) is 2. The van der Waals surface area contributed by atoms with Gasteiger partial charge in [-0.3, -0.25) is 0 Å². The molecule has 8 saturated carbocycles. The Morgan fingerprint density at radius 3 is 1.30 bits per heavy atom. The average molecular weight is 605 g/mol. The van der Waals surface area contributed by atoms with E-state index < -0.39 is 0 Å². The fourth-order valence-electron chi connectivity index (χ4n) is 15.2. The van der Waals surface area contributed by atoms with Crippen LogP contribution in [0.15, 0.2) is 10.2 Å². The molecular weight excluding hydrogens is 540 g/mol. The Kier molecular flexibility index (Phi) is 7.21. The monoisotopic (exact) mass is 604 g/mol. The third-order valence-electron chi connectivity index (χ3n) is 17.9. The highest BCUT2D eigenvalue weighted by Gasteiger charge is 2.62. The van der Waals surface area contributed by atoms with Crippen molar-refractivity contribution in [1.82, 2.24) is 0 Å². The molecule has 8 aliphatic carbocycles. The number of nitrogens with zero attached hydrogens (tertiary/aromatic N) is 2. The molecule has 2 N–H and O–H groups in total. The van der Waals surface area contributed by atoms with Crippen molar-refractivity contribution in [1.29, 1.82) is 0 Å². The van der Waals surface area contributed by atoms with Crippen molar-refractivity contribution in [3.05, 3.63) is 0 Å². The van der Waals surface area contributed by atoms with Gasteiger partial charge >= 0.3 is 0 Å². The molecule has 8 rings (SSSR count). The number of aliphatic hydroxyl groups is 2. The van der Waals surface area contributed by atoms with E-state index >= 15 is 0 Å². The molecule has 0 radical (unpaired) electrons. The number of hydrogen-bond acceptors (Lipinski definition) is 4. The lowest BCUT2D eigenvalue weighted by molar-refractivity contribution is -0.116. The third kappa shape index (κ3) is 4.20. The molecule has 0 aromatic heterocycles. The zero-order valence-electron chi connectivity index (χ0n) is 29.0. The van der Waals surface area contributed by atoms with E-state index in [1.165, 1.54) is 88.5 Å². The van der Waals surface area contributed by atoms with Crippen LogP contribution in [0.2, 0.25) is 0 Å². The predicted octanol–water partition coefficient (Wildman–Crippen LogP) is 9.08. The Morgan fingerprint density at radius 1 is 0.500 bits per heavy atom. The van der Waals surface area contributed by atoms with Crippen LogP contribution in [-0.4, -0.2) is 33.8 Å². The van der Waals surface area contributed by atoms with Crippen LogP contribution in [0.25, 0.3) is 0 Å². The Labute approximate surface area is 268 Å². The molecule has 8 aliphatic rings. The van der Waals surface area contributed by atoms with Gasteiger partial charge in [-0.2, -0.15) is 10.2 Å². The van der Waals surface area contributed by atoms with Crippen LogP contribution in [0.5, 0.6) is 0 Å². The van der Waals surface area contributed by atoms with Gasteiger partial charge in [0.05, 0.1) is 12.2 Å². The Morgan fingerprint density at radius 2 is 0.886 bits per heavy atom. The van der Waals surface area contributed by atoms with Gasteiger partial charge in [0, 0.05) is 11.4 Å². The summed E-state index contributed by atoms with van der Waals surface area (Å²) >= 11 is 0. The molecule has 8 fully saturated rings. The minimum atomic E-state index is -0.0722. The van der Waals surface area contributed by atoms with Crippen LogP contribution in [0.4, 0.5) is 0 Å². The van der Waals surface area contributed by atoms with Crippen LogP contribution in [0.3, 0.4) is 0 Å². The van der Waals surface area contributed by atoms with E-state index in [0.717, 1.165) is 73.0 Å². The fourth-order valence-corrected chi connectivity index (χ4v) is 15.2. The molecule has 0 aliphatic heterocycles. The van der Waals surface area contributed by atoms with Gasteiger partial charge in [-0.05, 0) is 184 Å². The van der Waals surface area contributed by atoms with Crippen LogP contribution in [-0.2, 0) is 0 Å². The SMILES string of the molecule is C[C@@H]1C[C@@]2(C)[C@@H](CC[C@@H]3[C@@H]2CC[C@]2(C)[C@@H](O)CC[C@@H]32)C/C1=N/N=C1\C[C@@H]2CC[C@H]3[C@H](CC[C@]4(C)[C@@H](O)CC[C@@H]34)[C@@]2(C)C[C@@H]1C. The van der Waals surface area contributed by atoms with Crippen LogP contribution >= 0.6 is 0 Å². The molecule has 0 saturated heterocycles. The minimum absolute atomic E-state index is 0.0722. The predicted molar refractivity (Wildman–Crippen MR) is 179 cm³/mol. The zero-order valence-corrected chi connectivity index (χ0v) is 29.0. The van der Waals surface area contributed by atoms with E-state index in [2.05, 4.69) is 41.5 Å². The first-order chi connectivity index (χ1) is 20.9. The molecule has 0 spiro atoms. The summed E-state index contributed by atoms with van der Waals surface area (Å²) in [6.07, 6.45) is 19.8. The largest absolute Gasteiger partial charge is 0.393 e. The molecule has 0 aromatic rings. The molecule has 0 amide bonds. The smallest absolute Gasteiger partial charge is 0.0596 e. The van der Waals surface area contributed by atoms with Gasteiger partial charge in [0.25, 0.3) is 0 Å². The Balaban J connectivity index is 0.970. The topological polar surface area (TPSA) is 65.2 Å². The van der Waals surface area contributed by atoms with E-state index in [-0.39, 0.29) is 23.0 Å². The Bertz CT molecular complexity index is 1120. The second kappa shape index (κ2) is 10.4. The van der Waals surface area contributed by atoms with E-state index in [0.29, 0.717) is 22.7 Å². The summed E-state index contributed by atoms with van der Waals surface area (Å²) in [6, 6.07) is 0. The van der Waals surface area contributed by atoms with Crippen LogP contribution in [0.1, 0.15) is 144 Å². The normalized spacial score (nSPS) is 60.2. The second-order valence-corrected chi connectivity index (χ2v) is 19.4. The summed E-state index contributed by atoms with van der Waals surface area (Å²) in [6.45, 7) is 15.1. The van der Waals surface area contributed by atoms with E-state index in [1.54, 1.807) is 0 Å². The van der Waals surface area contributed by atoms with Crippen molar-refractivity contribution in [2.45, 2.75) is 156 Å². The number of aliphatic hydroxyl groups excluding tert-OH is 2. The maximum absolute atomic E-state index is 10.9. The molecule has 4 heteroatoms. The van der Waals surface area contributed by atoms with Gasteiger partial charge in [-0.1, -0.05) is 41.5 Å². The highest BCUT2D eigenvalue weighted by Crippen LogP contribution is 2.68. The first-order valence-corrected chi connectivity index (χ1v) is 19.4. The van der Waals surface area contributed by atoms with Gasteiger partial charge in [-0.15, -0.1) is 0 Å². The summed E-state index contributed by atoms with van der Waals surface area (Å²) in [4.78, 5) is 0. The summed E-state index contributed by atoms with van der Waals surface area (Å²) in [7, 11) is 0. The van der Waals surface area contributed by atoms with Crippen molar-refractivity contribution in [3.8, 4) is 0 Å². The first-order valence-electron chi connectivity index (χ1n) is 19.4. The van der Waals surface area contributed by atoms with Gasteiger partial charge in [0.1, 0.15) is 0 Å². The quantitative estimate of drug-likeness (QED) is 0.293. The maximum atomic E-state index is 10.9. The van der Waals surface area contributed by atoms with Crippen molar-refractivity contribution in [2.75, 3.05) is 0 Å². The van der Waals surface area contributed by atoms with Gasteiger partial charge < -0.3 is 10.2 Å². The minimum Gasteiger partial charge on any atom is -0.393 e. The molecule has 0 unspecified atom stereocenters. The third-order valence-corrected chi connectivity index (χ3v) is 17.9.